The number of para-hydroxylation sites is 1. The zero-order valence-electron chi connectivity index (χ0n) is 18.0. The van der Waals surface area contributed by atoms with E-state index in [0.29, 0.717) is 41.4 Å². The largest absolute Gasteiger partial charge is 0.484 e. The van der Waals surface area contributed by atoms with Crippen molar-refractivity contribution in [1.82, 2.24) is 5.43 Å². The fourth-order valence-electron chi connectivity index (χ4n) is 3.56. The van der Waals surface area contributed by atoms with Gasteiger partial charge in [-0.2, -0.15) is 5.10 Å². The zero-order chi connectivity index (χ0) is 22.5. The van der Waals surface area contributed by atoms with Gasteiger partial charge in [0.05, 0.1) is 5.71 Å². The van der Waals surface area contributed by atoms with Crippen LogP contribution in [0.25, 0.3) is 0 Å². The van der Waals surface area contributed by atoms with E-state index in [1.54, 1.807) is 31.2 Å². The molecule has 7 heteroatoms. The lowest BCUT2D eigenvalue weighted by atomic mass is 9.93. The van der Waals surface area contributed by atoms with Crippen LogP contribution in [0, 0.1) is 13.8 Å². The van der Waals surface area contributed by atoms with Gasteiger partial charge in [-0.3, -0.25) is 4.79 Å². The van der Waals surface area contributed by atoms with Crippen molar-refractivity contribution < 1.29 is 23.5 Å². The Morgan fingerprint density at radius 2 is 1.75 bits per heavy atom. The number of fused-ring (bicyclic) bond motifs is 1. The van der Waals surface area contributed by atoms with Crippen LogP contribution in [0.5, 0.6) is 11.5 Å². The quantitative estimate of drug-likeness (QED) is 0.355. The topological polar surface area (TPSA) is 90.1 Å². The lowest BCUT2D eigenvalue weighted by molar-refractivity contribution is -0.123. The lowest BCUT2D eigenvalue weighted by Gasteiger charge is -2.13. The van der Waals surface area contributed by atoms with Crippen molar-refractivity contribution in [3.63, 3.8) is 0 Å². The van der Waals surface area contributed by atoms with E-state index in [9.17, 15) is 9.59 Å². The molecular weight excluding hydrogens is 408 g/mol. The van der Waals surface area contributed by atoms with E-state index < -0.39 is 5.97 Å². The van der Waals surface area contributed by atoms with Crippen LogP contribution in [0.15, 0.2) is 64.1 Å². The number of ether oxygens (including phenoxy) is 2. The first-order valence-electron chi connectivity index (χ1n) is 10.5. The summed E-state index contributed by atoms with van der Waals surface area (Å²) in [4.78, 5) is 24.8. The van der Waals surface area contributed by atoms with E-state index in [1.165, 1.54) is 0 Å². The molecule has 2 aromatic carbocycles. The Balaban J connectivity index is 1.45. The van der Waals surface area contributed by atoms with Crippen LogP contribution in [0.3, 0.4) is 0 Å². The maximum Gasteiger partial charge on any atom is 0.379 e. The fourth-order valence-corrected chi connectivity index (χ4v) is 3.56. The molecule has 0 saturated heterocycles. The van der Waals surface area contributed by atoms with Crippen LogP contribution in [0.2, 0.25) is 0 Å². The Morgan fingerprint density at radius 3 is 2.50 bits per heavy atom. The van der Waals surface area contributed by atoms with Gasteiger partial charge in [0, 0.05) is 17.5 Å². The smallest absolute Gasteiger partial charge is 0.379 e. The van der Waals surface area contributed by atoms with Crippen molar-refractivity contribution in [3.8, 4) is 11.5 Å². The van der Waals surface area contributed by atoms with Gasteiger partial charge in [0.15, 0.2) is 6.61 Å². The predicted octanol–water partition coefficient (Wildman–Crippen LogP) is 4.35. The Hall–Kier alpha value is -3.87. The summed E-state index contributed by atoms with van der Waals surface area (Å²) in [6, 6.07) is 16.3. The number of nitrogens with one attached hydrogen (secondary N) is 1. The molecule has 0 fully saturated rings. The first-order valence-corrected chi connectivity index (χ1v) is 10.5. The Morgan fingerprint density at radius 1 is 1.00 bits per heavy atom. The van der Waals surface area contributed by atoms with Gasteiger partial charge in [-0.1, -0.05) is 35.9 Å². The Kier molecular flexibility index (Phi) is 6.35. The van der Waals surface area contributed by atoms with Gasteiger partial charge < -0.3 is 13.9 Å². The number of benzene rings is 2. The first-order chi connectivity index (χ1) is 15.5. The van der Waals surface area contributed by atoms with Gasteiger partial charge in [0.25, 0.3) is 5.91 Å². The molecule has 32 heavy (non-hydrogen) atoms. The number of hydrazone groups is 1. The molecule has 0 spiro atoms. The number of hydrogen-bond donors (Lipinski definition) is 1. The number of hydrogen-bond acceptors (Lipinski definition) is 6. The highest BCUT2D eigenvalue weighted by Crippen LogP contribution is 2.30. The van der Waals surface area contributed by atoms with E-state index in [1.807, 2.05) is 37.3 Å². The summed E-state index contributed by atoms with van der Waals surface area (Å²) in [6.07, 6.45) is 2.17. The molecule has 1 heterocycles. The monoisotopic (exact) mass is 432 g/mol. The molecule has 1 amide bonds. The highest BCUT2D eigenvalue weighted by atomic mass is 16.5. The van der Waals surface area contributed by atoms with Crippen molar-refractivity contribution in [2.45, 2.75) is 33.1 Å². The van der Waals surface area contributed by atoms with Crippen LogP contribution in [0.4, 0.5) is 0 Å². The van der Waals surface area contributed by atoms with E-state index in [4.69, 9.17) is 13.9 Å². The Labute approximate surface area is 186 Å². The summed E-state index contributed by atoms with van der Waals surface area (Å²) in [6.45, 7) is 3.62. The predicted molar refractivity (Wildman–Crippen MR) is 119 cm³/mol. The SMILES string of the molecule is Cc1ccc(OC(=O)c2oc3c(c2C)/C(=N/NC(=O)COc2ccccc2)CCC3)cc1. The van der Waals surface area contributed by atoms with Crippen LogP contribution in [-0.2, 0) is 11.2 Å². The second-order valence-electron chi connectivity index (χ2n) is 7.61. The molecule has 0 aliphatic heterocycles. The molecule has 1 aliphatic carbocycles. The van der Waals surface area contributed by atoms with Crippen LogP contribution in [-0.4, -0.2) is 24.2 Å². The summed E-state index contributed by atoms with van der Waals surface area (Å²) < 4.78 is 16.7. The number of carbonyl (C=O) groups excluding carboxylic acids is 2. The average molecular weight is 432 g/mol. The molecule has 3 aromatic rings. The van der Waals surface area contributed by atoms with Crippen LogP contribution >= 0.6 is 0 Å². The summed E-state index contributed by atoms with van der Waals surface area (Å²) >= 11 is 0. The molecule has 0 unspecified atom stereocenters. The standard InChI is InChI=1S/C25H24N2O5/c1-16-11-13-19(14-12-16)31-25(29)24-17(2)23-20(9-6-10-21(23)32-24)26-27-22(28)15-30-18-7-4-3-5-8-18/h3-5,7-8,11-14H,6,9-10,15H2,1-2H3,(H,27,28)/b26-20+. The maximum absolute atomic E-state index is 12.7. The van der Waals surface area contributed by atoms with Gasteiger partial charge in [-0.25, -0.2) is 10.2 Å². The van der Waals surface area contributed by atoms with Gasteiger partial charge >= 0.3 is 5.97 Å². The molecule has 7 nitrogen and oxygen atoms in total. The zero-order valence-corrected chi connectivity index (χ0v) is 18.0. The summed E-state index contributed by atoms with van der Waals surface area (Å²) in [7, 11) is 0. The van der Waals surface area contributed by atoms with Crippen molar-refractivity contribution in [1.29, 1.82) is 0 Å². The number of carbonyl (C=O) groups is 2. The molecule has 0 atom stereocenters. The lowest BCUT2D eigenvalue weighted by Crippen LogP contribution is -2.27. The Bertz CT molecular complexity index is 1150. The van der Waals surface area contributed by atoms with Gasteiger partial charge in [0.2, 0.25) is 5.76 Å². The summed E-state index contributed by atoms with van der Waals surface area (Å²) in [5.41, 5.74) is 5.71. The average Bonchev–Trinajstić information content (AvgIpc) is 3.16. The minimum atomic E-state index is -0.555. The third-order valence-corrected chi connectivity index (χ3v) is 5.17. The second-order valence-corrected chi connectivity index (χ2v) is 7.61. The molecule has 0 radical (unpaired) electrons. The van der Waals surface area contributed by atoms with E-state index >= 15 is 0 Å². The van der Waals surface area contributed by atoms with E-state index in [-0.39, 0.29) is 18.3 Å². The third-order valence-electron chi connectivity index (χ3n) is 5.17. The van der Waals surface area contributed by atoms with Crippen LogP contribution < -0.4 is 14.9 Å². The number of aryl methyl sites for hydroxylation is 2. The number of furan rings is 1. The normalized spacial score (nSPS) is 14.0. The van der Waals surface area contributed by atoms with Crippen LogP contribution in [0.1, 0.15) is 45.8 Å². The molecule has 0 saturated carbocycles. The minimum Gasteiger partial charge on any atom is -0.484 e. The molecule has 1 aliphatic rings. The maximum atomic E-state index is 12.7. The van der Waals surface area contributed by atoms with Crippen molar-refractivity contribution in [2.24, 2.45) is 5.10 Å². The number of amides is 1. The molecule has 1 N–H and O–H groups in total. The number of esters is 1. The highest BCUT2D eigenvalue weighted by Gasteiger charge is 2.29. The fraction of sp³-hybridized carbons (Fsp3) is 0.240. The van der Waals surface area contributed by atoms with E-state index in [0.717, 1.165) is 17.5 Å². The minimum absolute atomic E-state index is 0.147. The first kappa shape index (κ1) is 21.4. The molecule has 4 rings (SSSR count). The van der Waals surface area contributed by atoms with Crippen molar-refractivity contribution >= 4 is 17.6 Å². The van der Waals surface area contributed by atoms with Gasteiger partial charge in [-0.05, 0) is 51.0 Å². The second kappa shape index (κ2) is 9.51. The van der Waals surface area contributed by atoms with Gasteiger partial charge in [-0.15, -0.1) is 0 Å². The van der Waals surface area contributed by atoms with Crippen molar-refractivity contribution in [3.05, 3.63) is 82.8 Å². The van der Waals surface area contributed by atoms with Gasteiger partial charge in [0.1, 0.15) is 17.3 Å². The number of nitrogens with zero attached hydrogens (tertiary/aromatic N) is 1. The van der Waals surface area contributed by atoms with E-state index in [2.05, 4.69) is 10.5 Å². The van der Waals surface area contributed by atoms with Crippen molar-refractivity contribution in [2.75, 3.05) is 6.61 Å². The molecule has 0 bridgehead atoms. The molecule has 1 aromatic heterocycles. The summed E-state index contributed by atoms with van der Waals surface area (Å²) in [5.74, 6) is 0.975. The molecular formula is C25H24N2O5. The highest BCUT2D eigenvalue weighted by molar-refractivity contribution is 6.06. The molecule has 164 valence electrons. The number of rotatable bonds is 6. The third kappa shape index (κ3) is 4.88. The summed E-state index contributed by atoms with van der Waals surface area (Å²) in [5, 5.41) is 4.29.